The van der Waals surface area contributed by atoms with Gasteiger partial charge in [0, 0.05) is 0 Å². The molecule has 20 heavy (non-hydrogen) atoms. The van der Waals surface area contributed by atoms with E-state index in [1.165, 1.54) is 11.3 Å². The largest absolute Gasteiger partial charge is 0.480 e. The minimum Gasteiger partial charge on any atom is -0.480 e. The van der Waals surface area contributed by atoms with Gasteiger partial charge >= 0.3 is 5.97 Å². The molecule has 0 atom stereocenters. The summed E-state index contributed by atoms with van der Waals surface area (Å²) in [6, 6.07) is 1.78. The molecule has 0 aromatic carbocycles. The summed E-state index contributed by atoms with van der Waals surface area (Å²) in [4.78, 5) is 30.2. The van der Waals surface area contributed by atoms with Crippen LogP contribution in [0.4, 0.5) is 0 Å². The van der Waals surface area contributed by atoms with Gasteiger partial charge in [0.1, 0.15) is 16.1 Å². The van der Waals surface area contributed by atoms with E-state index in [1.54, 1.807) is 6.07 Å². The van der Waals surface area contributed by atoms with Crippen molar-refractivity contribution in [2.45, 2.75) is 38.8 Å². The highest BCUT2D eigenvalue weighted by Crippen LogP contribution is 2.17. The van der Waals surface area contributed by atoms with Crippen molar-refractivity contribution in [1.82, 2.24) is 15.3 Å². The fourth-order valence-corrected chi connectivity index (χ4v) is 2.86. The minimum atomic E-state index is -0.984. The highest BCUT2D eigenvalue weighted by atomic mass is 32.1. The van der Waals surface area contributed by atoms with Crippen LogP contribution in [0.3, 0.4) is 0 Å². The Bertz CT molecular complexity index is 673. The van der Waals surface area contributed by atoms with Crippen molar-refractivity contribution < 1.29 is 9.90 Å². The molecule has 2 heterocycles. The van der Waals surface area contributed by atoms with Gasteiger partial charge < -0.3 is 10.1 Å². The predicted molar refractivity (Wildman–Crippen MR) is 78.0 cm³/mol. The van der Waals surface area contributed by atoms with Gasteiger partial charge in [-0.05, 0) is 24.3 Å². The van der Waals surface area contributed by atoms with Crippen molar-refractivity contribution in [2.24, 2.45) is 0 Å². The third-order valence-corrected chi connectivity index (χ3v) is 4.48. The molecular formula is C13H17N3O3S. The zero-order valence-electron chi connectivity index (χ0n) is 11.4. The van der Waals surface area contributed by atoms with Crippen molar-refractivity contribution in [1.29, 1.82) is 0 Å². The fourth-order valence-electron chi connectivity index (χ4n) is 2.14. The van der Waals surface area contributed by atoms with Gasteiger partial charge in [-0.25, -0.2) is 4.98 Å². The van der Waals surface area contributed by atoms with Gasteiger partial charge in [-0.3, -0.25) is 14.9 Å². The number of rotatable bonds is 6. The monoisotopic (exact) mass is 295 g/mol. The number of carboxylic acid groups (broad SMARTS) is 1. The van der Waals surface area contributed by atoms with E-state index in [-0.39, 0.29) is 12.1 Å². The summed E-state index contributed by atoms with van der Waals surface area (Å²) in [6.07, 6.45) is 0.924. The maximum atomic E-state index is 11.8. The first-order valence-corrected chi connectivity index (χ1v) is 7.35. The summed E-state index contributed by atoms with van der Waals surface area (Å²) in [5.74, 6) is -0.435. The minimum absolute atomic E-state index is 0.185. The summed E-state index contributed by atoms with van der Waals surface area (Å²) in [5.41, 5.74) is -0.525. The van der Waals surface area contributed by atoms with Crippen LogP contribution in [-0.4, -0.2) is 26.6 Å². The molecule has 2 rings (SSSR count). The third-order valence-electron chi connectivity index (χ3n) is 3.57. The first-order chi connectivity index (χ1) is 9.52. The van der Waals surface area contributed by atoms with Crippen LogP contribution in [0.1, 0.15) is 32.5 Å². The Hall–Kier alpha value is -1.73. The Labute approximate surface area is 119 Å². The molecule has 0 saturated carbocycles. The molecule has 6 nitrogen and oxygen atoms in total. The molecule has 0 spiro atoms. The maximum Gasteiger partial charge on any atom is 0.323 e. The number of carbonyl (C=O) groups is 1. The van der Waals surface area contributed by atoms with E-state index in [0.29, 0.717) is 28.9 Å². The van der Waals surface area contributed by atoms with E-state index in [4.69, 9.17) is 0 Å². The van der Waals surface area contributed by atoms with Crippen molar-refractivity contribution >= 4 is 27.5 Å². The van der Waals surface area contributed by atoms with E-state index in [9.17, 15) is 14.7 Å². The first kappa shape index (κ1) is 14.7. The number of hydrogen-bond acceptors (Lipinski definition) is 5. The number of fused-ring (bicyclic) bond motifs is 1. The molecule has 0 aliphatic heterocycles. The average molecular weight is 295 g/mol. The average Bonchev–Trinajstić information content (AvgIpc) is 2.89. The smallest absolute Gasteiger partial charge is 0.323 e. The number of aromatic nitrogens is 2. The SMILES string of the molecule is CCC(CC)(NCc1nc2ccsc2c(=O)[nH]1)C(=O)O. The first-order valence-electron chi connectivity index (χ1n) is 6.47. The Morgan fingerprint density at radius 1 is 1.50 bits per heavy atom. The summed E-state index contributed by atoms with van der Waals surface area (Å²) >= 11 is 1.34. The van der Waals surface area contributed by atoms with E-state index in [0.717, 1.165) is 0 Å². The number of nitrogens with zero attached hydrogens (tertiary/aromatic N) is 1. The molecule has 0 aliphatic carbocycles. The van der Waals surface area contributed by atoms with Gasteiger partial charge in [-0.15, -0.1) is 11.3 Å². The van der Waals surface area contributed by atoms with Crippen LogP contribution in [0.5, 0.6) is 0 Å². The lowest BCUT2D eigenvalue weighted by Crippen LogP contribution is -2.51. The zero-order valence-corrected chi connectivity index (χ0v) is 12.2. The summed E-state index contributed by atoms with van der Waals surface area (Å²) in [7, 11) is 0. The maximum absolute atomic E-state index is 11.8. The van der Waals surface area contributed by atoms with Crippen LogP contribution in [0, 0.1) is 0 Å². The Balaban J connectivity index is 2.24. The number of thiophene rings is 1. The van der Waals surface area contributed by atoms with Gasteiger partial charge in [-0.1, -0.05) is 13.8 Å². The highest BCUT2D eigenvalue weighted by Gasteiger charge is 2.34. The van der Waals surface area contributed by atoms with Crippen LogP contribution in [0.15, 0.2) is 16.2 Å². The predicted octanol–water partition coefficient (Wildman–Crippen LogP) is 1.72. The summed E-state index contributed by atoms with van der Waals surface area (Å²) < 4.78 is 0.587. The molecule has 0 bridgehead atoms. The van der Waals surface area contributed by atoms with Gasteiger partial charge in [0.25, 0.3) is 5.56 Å². The molecule has 0 fully saturated rings. The highest BCUT2D eigenvalue weighted by molar-refractivity contribution is 7.17. The van der Waals surface area contributed by atoms with E-state index in [2.05, 4.69) is 15.3 Å². The standard InChI is InChI=1S/C13H17N3O3S/c1-3-13(4-2,12(18)19)14-7-9-15-8-5-6-20-10(8)11(17)16-9/h5-6,14H,3-4,7H2,1-2H3,(H,18,19)(H,15,16,17). The molecule has 0 aliphatic rings. The number of carboxylic acids is 1. The quantitative estimate of drug-likeness (QED) is 0.754. The second-order valence-electron chi connectivity index (χ2n) is 4.60. The summed E-state index contributed by atoms with van der Waals surface area (Å²) in [6.45, 7) is 3.86. The second-order valence-corrected chi connectivity index (χ2v) is 5.51. The van der Waals surface area contributed by atoms with Gasteiger partial charge in [0.15, 0.2) is 0 Å². The lowest BCUT2D eigenvalue weighted by Gasteiger charge is -2.27. The third kappa shape index (κ3) is 2.59. The van der Waals surface area contributed by atoms with Crippen molar-refractivity contribution in [3.05, 3.63) is 27.6 Å². The van der Waals surface area contributed by atoms with Crippen LogP contribution in [0.2, 0.25) is 0 Å². The molecule has 108 valence electrons. The van der Waals surface area contributed by atoms with Crippen molar-refractivity contribution in [3.63, 3.8) is 0 Å². The number of nitrogens with one attached hydrogen (secondary N) is 2. The van der Waals surface area contributed by atoms with Crippen LogP contribution in [-0.2, 0) is 11.3 Å². The normalized spacial score (nSPS) is 11.9. The number of aromatic amines is 1. The van der Waals surface area contributed by atoms with Gasteiger partial charge in [0.05, 0.1) is 12.1 Å². The van der Waals surface area contributed by atoms with Crippen molar-refractivity contribution in [3.8, 4) is 0 Å². The van der Waals surface area contributed by atoms with Crippen LogP contribution in [0.25, 0.3) is 10.2 Å². The van der Waals surface area contributed by atoms with Crippen LogP contribution < -0.4 is 10.9 Å². The molecule has 2 aromatic rings. The molecule has 0 radical (unpaired) electrons. The number of aliphatic carboxylic acids is 1. The Morgan fingerprint density at radius 3 is 2.80 bits per heavy atom. The fraction of sp³-hybridized carbons (Fsp3) is 0.462. The molecule has 3 N–H and O–H groups in total. The number of hydrogen-bond donors (Lipinski definition) is 3. The molecule has 2 aromatic heterocycles. The van der Waals surface area contributed by atoms with E-state index in [1.807, 2.05) is 19.2 Å². The Morgan fingerprint density at radius 2 is 2.20 bits per heavy atom. The summed E-state index contributed by atoms with van der Waals surface area (Å²) in [5, 5.41) is 14.2. The topological polar surface area (TPSA) is 95.1 Å². The molecule has 0 amide bonds. The number of H-pyrrole nitrogens is 1. The lowest BCUT2D eigenvalue weighted by atomic mass is 9.93. The Kier molecular flexibility index (Phi) is 4.20. The molecule has 0 unspecified atom stereocenters. The zero-order chi connectivity index (χ0) is 14.8. The molecule has 7 heteroatoms. The van der Waals surface area contributed by atoms with Crippen LogP contribution >= 0.6 is 11.3 Å². The van der Waals surface area contributed by atoms with Crippen molar-refractivity contribution in [2.75, 3.05) is 0 Å². The molecular weight excluding hydrogens is 278 g/mol. The second kappa shape index (κ2) is 5.72. The van der Waals surface area contributed by atoms with Gasteiger partial charge in [-0.2, -0.15) is 0 Å². The van der Waals surface area contributed by atoms with E-state index < -0.39 is 11.5 Å². The lowest BCUT2D eigenvalue weighted by molar-refractivity contribution is -0.145. The molecule has 0 saturated heterocycles. The van der Waals surface area contributed by atoms with E-state index >= 15 is 0 Å². The van der Waals surface area contributed by atoms with Gasteiger partial charge in [0.2, 0.25) is 0 Å².